The van der Waals surface area contributed by atoms with Crippen LogP contribution in [0.1, 0.15) is 61.0 Å². The Balaban J connectivity index is 3.32. The second-order valence-corrected chi connectivity index (χ2v) is 11.2. The van der Waals surface area contributed by atoms with E-state index in [2.05, 4.69) is 10.6 Å². The molecule has 0 heterocycles. The number of amides is 2. The van der Waals surface area contributed by atoms with Crippen molar-refractivity contribution in [3.8, 4) is 0 Å². The average molecular weight is 489 g/mol. The summed E-state index contributed by atoms with van der Waals surface area (Å²) in [7, 11) is 3.36. The first-order chi connectivity index (χ1) is 15.9. The quantitative estimate of drug-likeness (QED) is 0.296. The highest BCUT2D eigenvalue weighted by Crippen LogP contribution is 2.30. The summed E-state index contributed by atoms with van der Waals surface area (Å²) >= 11 is 0. The van der Waals surface area contributed by atoms with Gasteiger partial charge in [-0.1, -0.05) is 66.7 Å². The largest absolute Gasteiger partial charge is 0.478 e. The molecule has 0 bridgehead atoms. The third-order valence-corrected chi connectivity index (χ3v) is 6.54. The smallest absolute Gasteiger partial charge is 0.331 e. The van der Waals surface area contributed by atoms with E-state index in [9.17, 15) is 19.5 Å². The Bertz CT molecular complexity index is 947. The van der Waals surface area contributed by atoms with Crippen LogP contribution in [0.3, 0.4) is 0 Å². The first-order valence-electron chi connectivity index (χ1n) is 12.0. The molecule has 0 aliphatic carbocycles. The fourth-order valence-electron chi connectivity index (χ4n) is 4.23. The van der Waals surface area contributed by atoms with Crippen LogP contribution in [0.15, 0.2) is 35.9 Å². The molecule has 196 valence electrons. The lowest BCUT2D eigenvalue weighted by Crippen LogP contribution is -2.61. The molecular weight excluding hydrogens is 444 g/mol. The van der Waals surface area contributed by atoms with E-state index in [-0.39, 0.29) is 23.3 Å². The van der Waals surface area contributed by atoms with Crippen molar-refractivity contribution in [2.24, 2.45) is 11.3 Å². The van der Waals surface area contributed by atoms with Gasteiger partial charge in [0.1, 0.15) is 6.04 Å². The Labute approximate surface area is 210 Å². The van der Waals surface area contributed by atoms with Crippen molar-refractivity contribution >= 4 is 23.5 Å². The van der Waals surface area contributed by atoms with Crippen LogP contribution in [0.5, 0.6) is 0 Å². The summed E-state index contributed by atoms with van der Waals surface area (Å²) in [6, 6.07) is 5.52. The van der Waals surface area contributed by atoms with Crippen molar-refractivity contribution in [1.82, 2.24) is 15.5 Å². The molecule has 5 N–H and O–H groups in total. The number of benzene rings is 1. The molecule has 0 fully saturated rings. The number of nitrogens with two attached hydrogens (primary N) is 1. The molecule has 0 aliphatic heterocycles. The number of nitrogens with one attached hydrogen (secondary N) is 2. The number of anilines is 1. The molecule has 2 amide bonds. The molecule has 35 heavy (non-hydrogen) atoms. The van der Waals surface area contributed by atoms with Gasteiger partial charge in [-0.05, 0) is 43.0 Å². The van der Waals surface area contributed by atoms with Crippen LogP contribution in [-0.2, 0) is 19.8 Å². The van der Waals surface area contributed by atoms with Crippen LogP contribution in [0.2, 0.25) is 0 Å². The number of carbonyl (C=O) groups excluding carboxylic acids is 2. The molecule has 8 nitrogen and oxygen atoms in total. The zero-order valence-electron chi connectivity index (χ0n) is 22.9. The van der Waals surface area contributed by atoms with Crippen molar-refractivity contribution < 1.29 is 19.5 Å². The first kappa shape index (κ1) is 30.2. The molecule has 8 heteroatoms. The molecule has 1 aromatic rings. The van der Waals surface area contributed by atoms with Crippen LogP contribution in [0, 0.1) is 11.3 Å². The number of aliphatic carboxylic acids is 1. The summed E-state index contributed by atoms with van der Waals surface area (Å²) in [5, 5.41) is 15.4. The molecule has 0 saturated heterocycles. The van der Waals surface area contributed by atoms with Crippen LogP contribution < -0.4 is 16.4 Å². The van der Waals surface area contributed by atoms with Crippen molar-refractivity contribution in [3.63, 3.8) is 0 Å². The minimum atomic E-state index is -1.03. The van der Waals surface area contributed by atoms with E-state index in [1.165, 1.54) is 11.8 Å². The highest BCUT2D eigenvalue weighted by atomic mass is 16.4. The van der Waals surface area contributed by atoms with Crippen molar-refractivity contribution in [3.05, 3.63) is 41.5 Å². The van der Waals surface area contributed by atoms with Crippen LogP contribution in [-0.4, -0.2) is 60.0 Å². The lowest BCUT2D eigenvalue weighted by molar-refractivity contribution is -0.141. The number of nitrogen functional groups attached to an aromatic ring is 1. The van der Waals surface area contributed by atoms with Gasteiger partial charge in [0.25, 0.3) is 0 Å². The summed E-state index contributed by atoms with van der Waals surface area (Å²) in [6.45, 7) is 15.0. The van der Waals surface area contributed by atoms with Gasteiger partial charge in [0, 0.05) is 23.7 Å². The Morgan fingerprint density at radius 2 is 1.66 bits per heavy atom. The van der Waals surface area contributed by atoms with Crippen LogP contribution >= 0.6 is 0 Å². The Hall–Kier alpha value is -2.87. The summed E-state index contributed by atoms with van der Waals surface area (Å²) in [6.07, 6.45) is 1.59. The molecule has 0 saturated carbocycles. The average Bonchev–Trinajstić information content (AvgIpc) is 2.73. The standard InChI is InChI=1S/C27H44N4O4/c1-16(2)20(14-17(3)25(34)35)31(10)24(33)22(26(4,5)6)30-23(32)21(29-9)27(7,8)18-12-11-13-19(28)15-18/h11-16,20-22,29H,28H2,1-10H3,(H,30,32)(H,34,35)/b17-14+/t20?,21-,22-/m1/s1. The number of carboxylic acid groups (broad SMARTS) is 1. The summed E-state index contributed by atoms with van der Waals surface area (Å²) in [4.78, 5) is 40.2. The molecule has 0 spiro atoms. The van der Waals surface area contributed by atoms with Crippen LogP contribution in [0.25, 0.3) is 0 Å². The van der Waals surface area contributed by atoms with Gasteiger partial charge in [-0.2, -0.15) is 0 Å². The highest BCUT2D eigenvalue weighted by molar-refractivity contribution is 5.91. The van der Waals surface area contributed by atoms with Gasteiger partial charge in [0.2, 0.25) is 11.8 Å². The van der Waals surface area contributed by atoms with Gasteiger partial charge in [-0.25, -0.2) is 4.79 Å². The molecule has 1 aromatic carbocycles. The zero-order valence-corrected chi connectivity index (χ0v) is 22.9. The normalized spacial score (nSPS) is 15.3. The third-order valence-electron chi connectivity index (χ3n) is 6.54. The maximum Gasteiger partial charge on any atom is 0.331 e. The Morgan fingerprint density at radius 1 is 1.09 bits per heavy atom. The lowest BCUT2D eigenvalue weighted by Gasteiger charge is -2.40. The number of carboxylic acids is 1. The number of hydrogen-bond donors (Lipinski definition) is 4. The molecule has 3 atom stereocenters. The summed E-state index contributed by atoms with van der Waals surface area (Å²) in [5.41, 5.74) is 6.45. The second kappa shape index (κ2) is 11.7. The number of rotatable bonds is 10. The fraction of sp³-hybridized carbons (Fsp3) is 0.593. The third kappa shape index (κ3) is 7.56. The minimum absolute atomic E-state index is 0.0258. The molecular formula is C27H44N4O4. The van der Waals surface area contributed by atoms with E-state index in [1.54, 1.807) is 26.2 Å². The number of hydrogen-bond acceptors (Lipinski definition) is 5. The predicted molar refractivity (Wildman–Crippen MR) is 141 cm³/mol. The Morgan fingerprint density at radius 3 is 2.09 bits per heavy atom. The van der Waals surface area contributed by atoms with E-state index < -0.39 is 34.9 Å². The predicted octanol–water partition coefficient (Wildman–Crippen LogP) is 3.18. The molecule has 0 aromatic heterocycles. The van der Waals surface area contributed by atoms with E-state index in [0.717, 1.165) is 5.56 Å². The van der Waals surface area contributed by atoms with Gasteiger partial charge in [-0.3, -0.25) is 9.59 Å². The van der Waals surface area contributed by atoms with E-state index in [1.807, 2.05) is 66.7 Å². The highest BCUT2D eigenvalue weighted by Gasteiger charge is 2.41. The molecule has 0 radical (unpaired) electrons. The summed E-state index contributed by atoms with van der Waals surface area (Å²) < 4.78 is 0. The van der Waals surface area contributed by atoms with E-state index >= 15 is 0 Å². The second-order valence-electron chi connectivity index (χ2n) is 11.2. The van der Waals surface area contributed by atoms with Gasteiger partial charge in [0.05, 0.1) is 12.1 Å². The van der Waals surface area contributed by atoms with Gasteiger partial charge < -0.3 is 26.4 Å². The maximum atomic E-state index is 13.7. The SMILES string of the molecule is CN[C@H](C(=O)N[C@H](C(=O)N(C)C(/C=C(\C)C(=O)O)C(C)C)C(C)(C)C)C(C)(C)c1cccc(N)c1. The topological polar surface area (TPSA) is 125 Å². The lowest BCUT2D eigenvalue weighted by atomic mass is 9.76. The Kier molecular flexibility index (Phi) is 10.1. The molecule has 1 unspecified atom stereocenters. The fourth-order valence-corrected chi connectivity index (χ4v) is 4.23. The number of likely N-dealkylation sites (N-methyl/N-ethyl adjacent to an activating group) is 2. The van der Waals surface area contributed by atoms with Crippen LogP contribution in [0.4, 0.5) is 5.69 Å². The zero-order chi connectivity index (χ0) is 27.3. The van der Waals surface area contributed by atoms with Gasteiger partial charge >= 0.3 is 5.97 Å². The summed E-state index contributed by atoms with van der Waals surface area (Å²) in [5.74, 6) is -1.64. The minimum Gasteiger partial charge on any atom is -0.478 e. The van der Waals surface area contributed by atoms with Crippen molar-refractivity contribution in [1.29, 1.82) is 0 Å². The van der Waals surface area contributed by atoms with Crippen molar-refractivity contribution in [2.45, 2.75) is 78.9 Å². The molecule has 0 aliphatic rings. The van der Waals surface area contributed by atoms with Gasteiger partial charge in [-0.15, -0.1) is 0 Å². The monoisotopic (exact) mass is 488 g/mol. The van der Waals surface area contributed by atoms with E-state index in [0.29, 0.717) is 5.69 Å². The number of nitrogens with zero attached hydrogens (tertiary/aromatic N) is 1. The van der Waals surface area contributed by atoms with Crippen molar-refractivity contribution in [2.75, 3.05) is 19.8 Å². The number of carbonyl (C=O) groups is 3. The van der Waals surface area contributed by atoms with Gasteiger partial charge in [0.15, 0.2) is 0 Å². The van der Waals surface area contributed by atoms with E-state index in [4.69, 9.17) is 5.73 Å². The first-order valence-corrected chi connectivity index (χ1v) is 12.0. The molecule has 1 rings (SSSR count). The maximum absolute atomic E-state index is 13.7.